The number of hydrogen-bond acceptors (Lipinski definition) is 5. The second kappa shape index (κ2) is 5.53. The number of nitro benzene ring substituents is 1. The first-order chi connectivity index (χ1) is 12.1. The molecule has 1 aromatic carbocycles. The molecule has 0 amide bonds. The lowest BCUT2D eigenvalue weighted by atomic mass is 9.52. The van der Waals surface area contributed by atoms with Crippen LogP contribution in [-0.4, -0.2) is 15.1 Å². The van der Waals surface area contributed by atoms with E-state index in [-0.39, 0.29) is 10.7 Å². The summed E-state index contributed by atoms with van der Waals surface area (Å²) in [5.74, 6) is 4.55. The highest BCUT2D eigenvalue weighted by molar-refractivity contribution is 6.33. The molecule has 4 aliphatic rings. The Labute approximate surface area is 149 Å². The molecule has 2 aromatic rings. The lowest BCUT2D eigenvalue weighted by molar-refractivity contribution is -0.384. The fourth-order valence-corrected chi connectivity index (χ4v) is 5.85. The van der Waals surface area contributed by atoms with Crippen molar-refractivity contribution in [2.75, 3.05) is 0 Å². The molecule has 6 rings (SSSR count). The second-order valence-electron chi connectivity index (χ2n) is 7.82. The van der Waals surface area contributed by atoms with Gasteiger partial charge >= 0.3 is 0 Å². The molecule has 0 aliphatic heterocycles. The van der Waals surface area contributed by atoms with Gasteiger partial charge < -0.3 is 4.42 Å². The van der Waals surface area contributed by atoms with E-state index in [9.17, 15) is 10.1 Å². The molecule has 0 N–H and O–H groups in total. The maximum absolute atomic E-state index is 10.8. The topological polar surface area (TPSA) is 82.1 Å². The zero-order valence-electron chi connectivity index (χ0n) is 13.6. The number of nitrogens with zero attached hydrogens (tertiary/aromatic N) is 3. The quantitative estimate of drug-likeness (QED) is 0.578. The predicted octanol–water partition coefficient (Wildman–Crippen LogP) is 4.84. The molecule has 0 saturated heterocycles. The molecule has 4 fully saturated rings. The molecule has 25 heavy (non-hydrogen) atoms. The van der Waals surface area contributed by atoms with Gasteiger partial charge in [0.25, 0.3) is 5.69 Å². The zero-order chi connectivity index (χ0) is 17.1. The van der Waals surface area contributed by atoms with Gasteiger partial charge in [-0.05, 0) is 61.8 Å². The number of halogens is 1. The largest absolute Gasteiger partial charge is 0.420 e. The molecular formula is C18H18ClN3O3. The highest BCUT2D eigenvalue weighted by Crippen LogP contribution is 2.59. The van der Waals surface area contributed by atoms with Crippen LogP contribution in [-0.2, 0) is 0 Å². The van der Waals surface area contributed by atoms with Crippen molar-refractivity contribution in [3.8, 4) is 11.5 Å². The lowest BCUT2D eigenvalue weighted by Gasteiger charge is -2.53. The third-order valence-electron chi connectivity index (χ3n) is 6.35. The van der Waals surface area contributed by atoms with Gasteiger partial charge in [0.2, 0.25) is 11.8 Å². The van der Waals surface area contributed by atoms with Crippen LogP contribution in [0.2, 0.25) is 5.02 Å². The summed E-state index contributed by atoms with van der Waals surface area (Å²) < 4.78 is 6.00. The van der Waals surface area contributed by atoms with Crippen LogP contribution in [0.1, 0.15) is 43.9 Å². The molecule has 4 bridgehead atoms. The molecule has 0 unspecified atom stereocenters. The highest BCUT2D eigenvalue weighted by Gasteiger charge is 2.50. The summed E-state index contributed by atoms with van der Waals surface area (Å²) in [6, 6.07) is 4.31. The van der Waals surface area contributed by atoms with E-state index in [1.54, 1.807) is 6.07 Å². The van der Waals surface area contributed by atoms with Crippen LogP contribution in [0, 0.1) is 33.8 Å². The van der Waals surface area contributed by atoms with Gasteiger partial charge in [-0.3, -0.25) is 10.1 Å². The van der Waals surface area contributed by atoms with E-state index in [1.807, 2.05) is 0 Å². The van der Waals surface area contributed by atoms with Crippen molar-refractivity contribution in [3.63, 3.8) is 0 Å². The van der Waals surface area contributed by atoms with Gasteiger partial charge in [-0.2, -0.15) is 0 Å². The van der Waals surface area contributed by atoms with Gasteiger partial charge in [-0.25, -0.2) is 0 Å². The SMILES string of the molecule is O=[N+]([O-])c1ccc(-c2nnc(C3C4CC5CC(C4)CC3C5)o2)c(Cl)c1. The van der Waals surface area contributed by atoms with Crippen molar-refractivity contribution in [1.82, 2.24) is 10.2 Å². The number of non-ortho nitro benzene ring substituents is 1. The first kappa shape index (κ1) is 15.3. The van der Waals surface area contributed by atoms with Crippen LogP contribution in [0.25, 0.3) is 11.5 Å². The lowest BCUT2D eigenvalue weighted by Crippen LogP contribution is -2.43. The smallest absolute Gasteiger partial charge is 0.270 e. The third kappa shape index (κ3) is 2.46. The normalized spacial score (nSPS) is 32.9. The van der Waals surface area contributed by atoms with Gasteiger partial charge in [0.15, 0.2) is 0 Å². The van der Waals surface area contributed by atoms with Crippen LogP contribution >= 0.6 is 11.6 Å². The van der Waals surface area contributed by atoms with Gasteiger partial charge in [0.1, 0.15) is 0 Å². The number of nitro groups is 1. The van der Waals surface area contributed by atoms with E-state index in [0.29, 0.717) is 29.2 Å². The van der Waals surface area contributed by atoms with Crippen LogP contribution in [0.4, 0.5) is 5.69 Å². The average molecular weight is 360 g/mol. The fourth-order valence-electron chi connectivity index (χ4n) is 5.60. The molecule has 1 aromatic heterocycles. The molecule has 130 valence electrons. The molecule has 1 heterocycles. The predicted molar refractivity (Wildman–Crippen MR) is 91.2 cm³/mol. The first-order valence-corrected chi connectivity index (χ1v) is 9.24. The summed E-state index contributed by atoms with van der Waals surface area (Å²) in [7, 11) is 0. The summed E-state index contributed by atoms with van der Waals surface area (Å²) in [5, 5.41) is 19.6. The Kier molecular flexibility index (Phi) is 3.39. The van der Waals surface area contributed by atoms with E-state index in [1.165, 1.54) is 44.2 Å². The van der Waals surface area contributed by atoms with E-state index < -0.39 is 4.92 Å². The molecule has 7 heteroatoms. The summed E-state index contributed by atoms with van der Waals surface area (Å²) >= 11 is 6.19. The summed E-state index contributed by atoms with van der Waals surface area (Å²) in [6.45, 7) is 0. The van der Waals surface area contributed by atoms with Crippen molar-refractivity contribution in [2.24, 2.45) is 23.7 Å². The van der Waals surface area contributed by atoms with Gasteiger partial charge in [0.05, 0.1) is 15.5 Å². The van der Waals surface area contributed by atoms with Gasteiger partial charge in [-0.1, -0.05) is 11.6 Å². The number of rotatable bonds is 3. The second-order valence-corrected chi connectivity index (χ2v) is 8.23. The Morgan fingerprint density at radius 1 is 1.08 bits per heavy atom. The van der Waals surface area contributed by atoms with Crippen molar-refractivity contribution >= 4 is 17.3 Å². The Morgan fingerprint density at radius 2 is 1.76 bits per heavy atom. The number of hydrogen-bond donors (Lipinski definition) is 0. The number of benzene rings is 1. The summed E-state index contributed by atoms with van der Waals surface area (Å²) in [4.78, 5) is 10.4. The Balaban J connectivity index is 1.45. The van der Waals surface area contributed by atoms with Crippen LogP contribution < -0.4 is 0 Å². The minimum atomic E-state index is -0.469. The monoisotopic (exact) mass is 359 g/mol. The average Bonchev–Trinajstić information content (AvgIpc) is 3.03. The molecule has 4 aliphatic carbocycles. The molecule has 0 atom stereocenters. The standard InChI is InChI=1S/C18H18ClN3O3/c19-15-8-13(22(23)24)1-2-14(15)17-20-21-18(25-17)16-11-4-9-3-10(6-11)7-12(16)5-9/h1-2,8-12,16H,3-7H2. The Bertz CT molecular complexity index is 822. The van der Waals surface area contributed by atoms with Crippen LogP contribution in [0.3, 0.4) is 0 Å². The molecule has 6 nitrogen and oxygen atoms in total. The highest BCUT2D eigenvalue weighted by atomic mass is 35.5. The van der Waals surface area contributed by atoms with Gasteiger partial charge in [-0.15, -0.1) is 10.2 Å². The molecular weight excluding hydrogens is 342 g/mol. The molecule has 0 spiro atoms. The van der Waals surface area contributed by atoms with E-state index in [4.69, 9.17) is 16.0 Å². The van der Waals surface area contributed by atoms with Crippen molar-refractivity contribution in [1.29, 1.82) is 0 Å². The van der Waals surface area contributed by atoms with Crippen LogP contribution in [0.5, 0.6) is 0 Å². The van der Waals surface area contributed by atoms with E-state index >= 15 is 0 Å². The maximum Gasteiger partial charge on any atom is 0.270 e. The summed E-state index contributed by atoms with van der Waals surface area (Å²) in [6.07, 6.45) is 6.55. The minimum Gasteiger partial charge on any atom is -0.420 e. The first-order valence-electron chi connectivity index (χ1n) is 8.86. The van der Waals surface area contributed by atoms with Crippen molar-refractivity contribution in [3.05, 3.63) is 39.2 Å². The van der Waals surface area contributed by atoms with Crippen molar-refractivity contribution < 1.29 is 9.34 Å². The Morgan fingerprint density at radius 3 is 2.36 bits per heavy atom. The Hall–Kier alpha value is -1.95. The van der Waals surface area contributed by atoms with Crippen molar-refractivity contribution in [2.45, 2.75) is 38.0 Å². The van der Waals surface area contributed by atoms with Gasteiger partial charge in [0, 0.05) is 18.1 Å². The fraction of sp³-hybridized carbons (Fsp3) is 0.556. The van der Waals surface area contributed by atoms with E-state index in [2.05, 4.69) is 10.2 Å². The zero-order valence-corrected chi connectivity index (χ0v) is 14.4. The maximum atomic E-state index is 10.8. The molecule has 0 radical (unpaired) electrons. The van der Waals surface area contributed by atoms with Crippen LogP contribution in [0.15, 0.2) is 22.6 Å². The number of aromatic nitrogens is 2. The van der Waals surface area contributed by atoms with E-state index in [0.717, 1.165) is 17.7 Å². The molecule has 4 saturated carbocycles. The summed E-state index contributed by atoms with van der Waals surface area (Å²) in [5.41, 5.74) is 0.504. The minimum absolute atomic E-state index is 0.0467. The third-order valence-corrected chi connectivity index (χ3v) is 6.66.